The van der Waals surface area contributed by atoms with Crippen molar-refractivity contribution in [2.75, 3.05) is 0 Å². The zero-order valence-electron chi connectivity index (χ0n) is 40.4. The number of benzene rings is 2. The van der Waals surface area contributed by atoms with Crippen LogP contribution in [0.3, 0.4) is 0 Å². The van der Waals surface area contributed by atoms with E-state index in [-0.39, 0.29) is 75.3 Å². The number of carbonyl (C=O) groups is 2. The first kappa shape index (κ1) is 51.5. The second kappa shape index (κ2) is 23.1. The second-order valence-corrected chi connectivity index (χ2v) is 18.5. The van der Waals surface area contributed by atoms with Gasteiger partial charge in [0.15, 0.2) is 0 Å². The van der Waals surface area contributed by atoms with Crippen LogP contribution in [0.4, 0.5) is 8.78 Å². The molecule has 2 aliphatic rings. The molecule has 6 N–H and O–H groups in total. The van der Waals surface area contributed by atoms with E-state index in [9.17, 15) is 33.8 Å². The molecule has 1 amide bonds. The molecule has 0 aliphatic heterocycles. The van der Waals surface area contributed by atoms with E-state index >= 15 is 4.39 Å². The number of nitrogens with zero attached hydrogens (tertiary/aromatic N) is 6. The third-order valence-electron chi connectivity index (χ3n) is 13.2. The van der Waals surface area contributed by atoms with Crippen molar-refractivity contribution in [1.82, 2.24) is 34.4 Å². The van der Waals surface area contributed by atoms with Gasteiger partial charge in [-0.1, -0.05) is 49.9 Å². The molecule has 2 fully saturated rings. The normalized spacial score (nSPS) is 17.5. The van der Waals surface area contributed by atoms with Crippen LogP contribution in [-0.4, -0.2) is 80.6 Å². The number of aliphatic hydroxyl groups is 2. The number of hydrogen-bond donors (Lipinski definition) is 5. The van der Waals surface area contributed by atoms with Crippen molar-refractivity contribution in [3.8, 4) is 22.3 Å². The molecule has 2 aromatic carbocycles. The molecule has 2 saturated carbocycles. The number of amides is 1. The van der Waals surface area contributed by atoms with Crippen LogP contribution in [0.25, 0.3) is 44.1 Å². The highest BCUT2D eigenvalue weighted by molar-refractivity contribution is 6.05. The zero-order chi connectivity index (χ0) is 51.8. The maximum atomic E-state index is 15.1. The Balaban J connectivity index is 0.000000172. The van der Waals surface area contributed by atoms with Gasteiger partial charge in [0.2, 0.25) is 0 Å². The average Bonchev–Trinajstić information content (AvgIpc) is 3.38. The third-order valence-corrected chi connectivity index (χ3v) is 13.2. The Morgan fingerprint density at radius 2 is 1.08 bits per heavy atom. The first-order chi connectivity index (χ1) is 35.1. The number of fused-ring (bicyclic) bond motifs is 2. The number of aryl methyl sites for hydroxylation is 2. The van der Waals surface area contributed by atoms with Crippen molar-refractivity contribution in [2.45, 2.75) is 103 Å². The van der Waals surface area contributed by atoms with Gasteiger partial charge in [0.05, 0.1) is 58.7 Å². The molecule has 2 aliphatic carbocycles. The molecule has 0 spiro atoms. The van der Waals surface area contributed by atoms with Gasteiger partial charge in [-0.05, 0) is 122 Å². The van der Waals surface area contributed by atoms with Crippen molar-refractivity contribution in [1.29, 1.82) is 0 Å². The fraction of sp³-hybridized carbons (Fsp3) is 0.286. The minimum Gasteiger partial charge on any atom is -0.478 e. The van der Waals surface area contributed by atoms with Crippen molar-refractivity contribution < 1.29 is 33.7 Å². The van der Waals surface area contributed by atoms with E-state index in [0.29, 0.717) is 29.5 Å². The Kier molecular flexibility index (Phi) is 16.3. The number of halogens is 2. The SMILES string of the molecule is Cc1cc(-c2ccc(Cn3cc(C(=O)N[C@H]4CCCC[C@@H]4O)c4ncccc4c3=O)c(F)c2)ccn1.Cc1cc(-c2ccc(Cn3cc(C(=O)O)c4ncccc4c3=O)c(F)c2)ccn1.N[C@H]1CCCC[C@@H]1O. The van der Waals surface area contributed by atoms with E-state index in [1.807, 2.05) is 32.0 Å². The Bertz CT molecular complexity index is 3430. The van der Waals surface area contributed by atoms with Gasteiger partial charge in [-0.25, -0.2) is 13.6 Å². The van der Waals surface area contributed by atoms with Crippen LogP contribution in [-0.2, 0) is 13.1 Å². The lowest BCUT2D eigenvalue weighted by Gasteiger charge is -2.28. The van der Waals surface area contributed by atoms with Gasteiger partial charge in [0.25, 0.3) is 17.0 Å². The summed E-state index contributed by atoms with van der Waals surface area (Å²) >= 11 is 0. The molecule has 4 atom stereocenters. The molecule has 0 unspecified atom stereocenters. The van der Waals surface area contributed by atoms with Crippen molar-refractivity contribution in [3.05, 3.63) is 188 Å². The van der Waals surface area contributed by atoms with Crippen LogP contribution < -0.4 is 22.2 Å². The number of pyridine rings is 6. The van der Waals surface area contributed by atoms with Gasteiger partial charge in [0, 0.05) is 65.7 Å². The largest absolute Gasteiger partial charge is 0.478 e. The van der Waals surface area contributed by atoms with Gasteiger partial charge in [-0.2, -0.15) is 0 Å². The summed E-state index contributed by atoms with van der Waals surface area (Å²) < 4.78 is 32.4. The van der Waals surface area contributed by atoms with Crippen LogP contribution in [0.5, 0.6) is 0 Å². The molecule has 15 nitrogen and oxygen atoms in total. The molecular formula is C56H56F2N8O7. The molecule has 17 heteroatoms. The first-order valence-corrected chi connectivity index (χ1v) is 24.2. The summed E-state index contributed by atoms with van der Waals surface area (Å²) in [5.74, 6) is -2.54. The standard InChI is InChI=1S/C28H27FN4O3.C22H16FN3O3.C6H13NO/c1-17-13-19(10-12-30-17)18-8-9-20(23(29)14-18)15-33-16-22(26-21(28(33)36)5-4-11-31-26)27(35)32-24-6-2-3-7-25(24)34;1-13-9-15(6-8-24-13)14-4-5-16(19(23)10-14)11-26-12-18(22(28)29)20-17(21(26)27)3-2-7-25-20;7-5-3-1-2-4-6(5)8/h4-5,8-14,16,24-25,34H,2-3,6-7,15H2,1H3,(H,32,35);2-10,12H,11H2,1H3,(H,28,29);5-6,8H,1-4,7H2/t24-,25-;;5-,6-/m0.0/s1. The molecule has 6 aromatic heterocycles. The molecule has 0 saturated heterocycles. The Hall–Kier alpha value is -7.86. The average molecular weight is 991 g/mol. The molecule has 8 aromatic rings. The van der Waals surface area contributed by atoms with Crippen LogP contribution >= 0.6 is 0 Å². The second-order valence-electron chi connectivity index (χ2n) is 18.5. The smallest absolute Gasteiger partial charge is 0.339 e. The van der Waals surface area contributed by atoms with Gasteiger partial charge >= 0.3 is 5.97 Å². The van der Waals surface area contributed by atoms with Gasteiger partial charge < -0.3 is 35.5 Å². The highest BCUT2D eigenvalue weighted by atomic mass is 19.1. The van der Waals surface area contributed by atoms with E-state index in [4.69, 9.17) is 10.8 Å². The summed E-state index contributed by atoms with van der Waals surface area (Å²) in [4.78, 5) is 67.4. The zero-order valence-corrected chi connectivity index (χ0v) is 40.4. The number of aliphatic hydroxyl groups excluding tert-OH is 2. The van der Waals surface area contributed by atoms with E-state index in [2.05, 4.69) is 25.3 Å². The highest BCUT2D eigenvalue weighted by Crippen LogP contribution is 2.26. The fourth-order valence-corrected chi connectivity index (χ4v) is 9.20. The summed E-state index contributed by atoms with van der Waals surface area (Å²) in [5.41, 5.74) is 10.6. The number of carboxylic acids is 1. The molecule has 0 bridgehead atoms. The summed E-state index contributed by atoms with van der Waals surface area (Å²) in [6.07, 6.45) is 15.5. The molecule has 6 heterocycles. The van der Waals surface area contributed by atoms with Crippen molar-refractivity contribution in [3.63, 3.8) is 0 Å². The lowest BCUT2D eigenvalue weighted by molar-refractivity contribution is 0.0696. The first-order valence-electron chi connectivity index (χ1n) is 24.2. The number of nitrogens with two attached hydrogens (primary N) is 1. The van der Waals surface area contributed by atoms with E-state index in [1.54, 1.807) is 60.9 Å². The van der Waals surface area contributed by atoms with Crippen molar-refractivity contribution >= 4 is 33.7 Å². The molecule has 10 rings (SSSR count). The Morgan fingerprint density at radius 1 is 0.616 bits per heavy atom. The minimum atomic E-state index is -1.20. The number of rotatable bonds is 9. The third kappa shape index (κ3) is 12.3. The summed E-state index contributed by atoms with van der Waals surface area (Å²) in [5, 5.41) is 32.2. The quantitative estimate of drug-likeness (QED) is 0.0930. The number of nitrogens with one attached hydrogen (secondary N) is 1. The van der Waals surface area contributed by atoms with Gasteiger partial charge in [-0.3, -0.25) is 34.3 Å². The number of aromatic nitrogens is 6. The maximum Gasteiger partial charge on any atom is 0.339 e. The van der Waals surface area contributed by atoms with Gasteiger partial charge in [-0.15, -0.1) is 0 Å². The molecule has 0 radical (unpaired) electrons. The Labute approximate surface area is 419 Å². The van der Waals surface area contributed by atoms with Crippen LogP contribution in [0.1, 0.15) is 94.6 Å². The predicted molar refractivity (Wildman–Crippen MR) is 274 cm³/mol. The topological polar surface area (TPSA) is 228 Å². The molecule has 376 valence electrons. The van der Waals surface area contributed by atoms with Crippen LogP contribution in [0.15, 0.2) is 132 Å². The lowest BCUT2D eigenvalue weighted by Crippen LogP contribution is -2.45. The molecular weight excluding hydrogens is 935 g/mol. The maximum absolute atomic E-state index is 15.1. The fourth-order valence-electron chi connectivity index (χ4n) is 9.20. The Morgan fingerprint density at radius 3 is 1.53 bits per heavy atom. The van der Waals surface area contributed by atoms with Crippen LogP contribution in [0, 0.1) is 25.5 Å². The number of carboxylic acid groups (broad SMARTS) is 1. The number of hydrogen-bond acceptors (Lipinski definition) is 11. The van der Waals surface area contributed by atoms with E-state index < -0.39 is 35.2 Å². The number of carbonyl (C=O) groups excluding carboxylic acids is 1. The van der Waals surface area contributed by atoms with Crippen molar-refractivity contribution in [2.24, 2.45) is 5.73 Å². The predicted octanol–water partition coefficient (Wildman–Crippen LogP) is 7.89. The summed E-state index contributed by atoms with van der Waals surface area (Å²) in [6.45, 7) is 3.59. The minimum absolute atomic E-state index is 0.0442. The molecule has 73 heavy (non-hydrogen) atoms. The monoisotopic (exact) mass is 990 g/mol. The lowest BCUT2D eigenvalue weighted by atomic mass is 9.92. The van der Waals surface area contributed by atoms with Crippen LogP contribution in [0.2, 0.25) is 0 Å². The number of aromatic carboxylic acids is 1. The van der Waals surface area contributed by atoms with E-state index in [1.165, 1.54) is 58.5 Å². The summed E-state index contributed by atoms with van der Waals surface area (Å²) in [7, 11) is 0. The highest BCUT2D eigenvalue weighted by Gasteiger charge is 2.27. The van der Waals surface area contributed by atoms with Gasteiger partial charge in [0.1, 0.15) is 17.2 Å². The van der Waals surface area contributed by atoms with E-state index in [0.717, 1.165) is 54.6 Å². The summed E-state index contributed by atoms with van der Waals surface area (Å²) in [6, 6.07) is 23.0.